The van der Waals surface area contributed by atoms with Crippen LogP contribution in [0.2, 0.25) is 0 Å². The van der Waals surface area contributed by atoms with Gasteiger partial charge in [0.05, 0.1) is 29.9 Å². The van der Waals surface area contributed by atoms with Crippen LogP contribution in [0.15, 0.2) is 18.5 Å². The Kier molecular flexibility index (Phi) is 4.04. The van der Waals surface area contributed by atoms with E-state index in [1.807, 2.05) is 13.2 Å². The maximum Gasteiger partial charge on any atom is 0.0735 e. The van der Waals surface area contributed by atoms with Gasteiger partial charge in [0.25, 0.3) is 0 Å². The number of hydrogen-bond donors (Lipinski definition) is 2. The Morgan fingerprint density at radius 3 is 2.94 bits per heavy atom. The van der Waals surface area contributed by atoms with E-state index in [0.29, 0.717) is 12.6 Å². The van der Waals surface area contributed by atoms with Crippen LogP contribution in [0.25, 0.3) is 0 Å². The van der Waals surface area contributed by atoms with Crippen LogP contribution in [0.1, 0.15) is 6.42 Å². The van der Waals surface area contributed by atoms with Gasteiger partial charge < -0.3 is 20.2 Å². The van der Waals surface area contributed by atoms with Crippen molar-refractivity contribution < 1.29 is 5.11 Å². The Morgan fingerprint density at radius 1 is 1.50 bits per heavy atom. The molecule has 2 rings (SSSR count). The zero-order valence-electron chi connectivity index (χ0n) is 11.3. The number of aromatic nitrogens is 1. The largest absolute Gasteiger partial charge is 0.391 e. The summed E-state index contributed by atoms with van der Waals surface area (Å²) in [5, 5.41) is 13.0. The molecular formula is C13H22N4O. The summed E-state index contributed by atoms with van der Waals surface area (Å²) in [5.74, 6) is 0. The molecule has 5 heteroatoms. The third-order valence-electron chi connectivity index (χ3n) is 3.31. The minimum atomic E-state index is -0.242. The fraction of sp³-hybridized carbons (Fsp3) is 0.615. The Bertz CT molecular complexity index is 396. The molecule has 2 atom stereocenters. The lowest BCUT2D eigenvalue weighted by Gasteiger charge is -2.28. The Balaban J connectivity index is 2.18. The molecule has 1 aromatic rings. The number of aliphatic hydroxyl groups excluding tert-OH is 1. The van der Waals surface area contributed by atoms with E-state index < -0.39 is 0 Å². The number of rotatable bonds is 4. The molecule has 1 aromatic heterocycles. The van der Waals surface area contributed by atoms with Crippen molar-refractivity contribution in [2.75, 3.05) is 44.4 Å². The predicted octanol–water partition coefficient (Wildman–Crippen LogP) is 0.624. The van der Waals surface area contributed by atoms with Gasteiger partial charge in [-0.2, -0.15) is 0 Å². The van der Waals surface area contributed by atoms with Gasteiger partial charge in [-0.25, -0.2) is 0 Å². The molecule has 1 saturated heterocycles. The minimum Gasteiger partial charge on any atom is -0.391 e. The first-order valence-electron chi connectivity index (χ1n) is 6.32. The monoisotopic (exact) mass is 250 g/mol. The van der Waals surface area contributed by atoms with E-state index in [0.717, 1.165) is 24.3 Å². The third-order valence-corrected chi connectivity index (χ3v) is 3.31. The molecule has 0 saturated carbocycles. The van der Waals surface area contributed by atoms with Crippen LogP contribution in [0.3, 0.4) is 0 Å². The first-order chi connectivity index (χ1) is 8.60. The normalized spacial score (nSPS) is 23.7. The summed E-state index contributed by atoms with van der Waals surface area (Å²) in [6.45, 7) is 1.63. The highest BCUT2D eigenvalue weighted by Gasteiger charge is 2.31. The number of β-amino-alcohol motifs (C(OH)–C–C–N with tert-alkyl or cyclic N) is 1. The lowest BCUT2D eigenvalue weighted by Crippen LogP contribution is -2.37. The average Bonchev–Trinajstić information content (AvgIpc) is 2.69. The van der Waals surface area contributed by atoms with Crippen LogP contribution >= 0.6 is 0 Å². The molecule has 18 heavy (non-hydrogen) atoms. The SMILES string of the molecule is CNc1cncc(N2CC(O)CC2CN(C)C)c1. The first kappa shape index (κ1) is 13.1. The molecule has 0 aliphatic carbocycles. The molecule has 100 valence electrons. The van der Waals surface area contributed by atoms with Gasteiger partial charge in [-0.05, 0) is 26.6 Å². The molecule has 0 spiro atoms. The summed E-state index contributed by atoms with van der Waals surface area (Å²) in [6.07, 6.45) is 4.24. The van der Waals surface area contributed by atoms with Gasteiger partial charge in [-0.15, -0.1) is 0 Å². The lowest BCUT2D eigenvalue weighted by atomic mass is 10.2. The summed E-state index contributed by atoms with van der Waals surface area (Å²) < 4.78 is 0. The van der Waals surface area contributed by atoms with E-state index in [2.05, 4.69) is 40.3 Å². The van der Waals surface area contributed by atoms with Crippen molar-refractivity contribution in [3.63, 3.8) is 0 Å². The molecule has 1 fully saturated rings. The number of nitrogens with zero attached hydrogens (tertiary/aromatic N) is 3. The maximum atomic E-state index is 9.87. The van der Waals surface area contributed by atoms with Gasteiger partial charge in [-0.1, -0.05) is 0 Å². The third kappa shape index (κ3) is 2.91. The fourth-order valence-corrected chi connectivity index (χ4v) is 2.52. The smallest absolute Gasteiger partial charge is 0.0735 e. The van der Waals surface area contributed by atoms with Crippen molar-refractivity contribution in [1.29, 1.82) is 0 Å². The number of hydrogen-bond acceptors (Lipinski definition) is 5. The molecule has 1 aliphatic heterocycles. The van der Waals surface area contributed by atoms with E-state index in [1.165, 1.54) is 0 Å². The predicted molar refractivity (Wildman–Crippen MR) is 74.1 cm³/mol. The highest BCUT2D eigenvalue weighted by atomic mass is 16.3. The van der Waals surface area contributed by atoms with Crippen molar-refractivity contribution in [2.24, 2.45) is 0 Å². The highest BCUT2D eigenvalue weighted by Crippen LogP contribution is 2.27. The van der Waals surface area contributed by atoms with Gasteiger partial charge in [0.15, 0.2) is 0 Å². The minimum absolute atomic E-state index is 0.242. The summed E-state index contributed by atoms with van der Waals surface area (Å²) in [4.78, 5) is 8.65. The van der Waals surface area contributed by atoms with Gasteiger partial charge in [0.1, 0.15) is 0 Å². The second-order valence-electron chi connectivity index (χ2n) is 5.14. The molecule has 5 nitrogen and oxygen atoms in total. The topological polar surface area (TPSA) is 51.6 Å². The maximum absolute atomic E-state index is 9.87. The van der Waals surface area contributed by atoms with E-state index >= 15 is 0 Å². The summed E-state index contributed by atoms with van der Waals surface area (Å²) in [7, 11) is 6.01. The van der Waals surface area contributed by atoms with Gasteiger partial charge in [-0.3, -0.25) is 4.98 Å². The van der Waals surface area contributed by atoms with Gasteiger partial charge in [0.2, 0.25) is 0 Å². The van der Waals surface area contributed by atoms with Crippen LogP contribution in [0.5, 0.6) is 0 Å². The van der Waals surface area contributed by atoms with E-state index in [-0.39, 0.29) is 6.10 Å². The zero-order chi connectivity index (χ0) is 13.1. The number of anilines is 2. The standard InChI is InChI=1S/C13H22N4O/c1-14-10-4-11(7-15-6-10)17-9-13(18)5-12(17)8-16(2)3/h4,6-7,12-14,18H,5,8-9H2,1-3H3. The van der Waals surface area contributed by atoms with Crippen LogP contribution in [0, 0.1) is 0 Å². The van der Waals surface area contributed by atoms with Crippen LogP contribution < -0.4 is 10.2 Å². The van der Waals surface area contributed by atoms with E-state index in [4.69, 9.17) is 0 Å². The van der Waals surface area contributed by atoms with Gasteiger partial charge in [0, 0.05) is 26.2 Å². The summed E-state index contributed by atoms with van der Waals surface area (Å²) >= 11 is 0. The van der Waals surface area contributed by atoms with Gasteiger partial charge >= 0.3 is 0 Å². The molecule has 0 radical (unpaired) electrons. The zero-order valence-corrected chi connectivity index (χ0v) is 11.3. The quantitative estimate of drug-likeness (QED) is 0.820. The van der Waals surface area contributed by atoms with Crippen molar-refractivity contribution >= 4 is 11.4 Å². The van der Waals surface area contributed by atoms with Crippen molar-refractivity contribution in [1.82, 2.24) is 9.88 Å². The van der Waals surface area contributed by atoms with Crippen molar-refractivity contribution in [3.8, 4) is 0 Å². The molecule has 0 aromatic carbocycles. The number of likely N-dealkylation sites (N-methyl/N-ethyl adjacent to an activating group) is 1. The highest BCUT2D eigenvalue weighted by molar-refractivity contribution is 5.56. The molecule has 2 N–H and O–H groups in total. The number of pyridine rings is 1. The molecule has 0 bridgehead atoms. The summed E-state index contributed by atoms with van der Waals surface area (Å²) in [6, 6.07) is 2.43. The van der Waals surface area contributed by atoms with Crippen LogP contribution in [-0.4, -0.2) is 61.4 Å². The Labute approximate surface area is 108 Å². The lowest BCUT2D eigenvalue weighted by molar-refractivity contribution is 0.191. The van der Waals surface area contributed by atoms with Crippen LogP contribution in [-0.2, 0) is 0 Å². The first-order valence-corrected chi connectivity index (χ1v) is 6.32. The molecule has 1 aliphatic rings. The van der Waals surface area contributed by atoms with Crippen LogP contribution in [0.4, 0.5) is 11.4 Å². The second-order valence-corrected chi connectivity index (χ2v) is 5.14. The van der Waals surface area contributed by atoms with Crippen molar-refractivity contribution in [3.05, 3.63) is 18.5 Å². The fourth-order valence-electron chi connectivity index (χ4n) is 2.52. The second kappa shape index (κ2) is 5.54. The summed E-state index contributed by atoms with van der Waals surface area (Å²) in [5.41, 5.74) is 2.07. The van der Waals surface area contributed by atoms with Crippen molar-refractivity contribution in [2.45, 2.75) is 18.6 Å². The molecule has 2 heterocycles. The average molecular weight is 250 g/mol. The Morgan fingerprint density at radius 2 is 2.28 bits per heavy atom. The number of nitrogens with one attached hydrogen (secondary N) is 1. The molecular weight excluding hydrogens is 228 g/mol. The Hall–Kier alpha value is -1.33. The molecule has 0 amide bonds. The van der Waals surface area contributed by atoms with E-state index in [9.17, 15) is 5.11 Å². The number of aliphatic hydroxyl groups is 1. The molecule has 2 unspecified atom stereocenters. The van der Waals surface area contributed by atoms with E-state index in [1.54, 1.807) is 6.20 Å².